The zero-order valence-corrected chi connectivity index (χ0v) is 15.0. The molecule has 1 amide bonds. The number of aryl methyl sites for hydroxylation is 2. The number of nitrogens with one attached hydrogen (secondary N) is 1. The van der Waals surface area contributed by atoms with Gasteiger partial charge in [0.25, 0.3) is 5.91 Å². The van der Waals surface area contributed by atoms with Gasteiger partial charge in [-0.3, -0.25) is 4.79 Å². The Bertz CT molecular complexity index is 694. The molecule has 0 aliphatic heterocycles. The molecule has 2 aromatic rings. The van der Waals surface area contributed by atoms with Gasteiger partial charge in [0.2, 0.25) is 5.95 Å². The summed E-state index contributed by atoms with van der Waals surface area (Å²) in [5.74, 6) is 0.424. The van der Waals surface area contributed by atoms with Gasteiger partial charge in [0.05, 0.1) is 0 Å². The number of carbonyl (C=O) groups excluding carboxylic acids is 1. The molecule has 5 heteroatoms. The summed E-state index contributed by atoms with van der Waals surface area (Å²) in [6, 6.07) is 9.46. The Morgan fingerprint density at radius 1 is 1.08 bits per heavy atom. The lowest BCUT2D eigenvalue weighted by atomic mass is 10.2. The molecule has 0 saturated carbocycles. The number of rotatable bonds is 7. The highest BCUT2D eigenvalue weighted by Gasteiger charge is 2.14. The summed E-state index contributed by atoms with van der Waals surface area (Å²) in [4.78, 5) is 23.7. The smallest absolute Gasteiger partial charge is 0.274 e. The van der Waals surface area contributed by atoms with E-state index < -0.39 is 0 Å². The first-order valence-electron chi connectivity index (χ1n) is 8.52. The summed E-state index contributed by atoms with van der Waals surface area (Å²) < 4.78 is 0. The standard InChI is InChI=1S/C19H26N4O/c1-5-10-23(11-6-2)19-20-15(4)13-17(22-19)18(24)21-16-9-7-8-14(3)12-16/h7-9,12-13H,5-6,10-11H2,1-4H3,(H,21,24). The van der Waals surface area contributed by atoms with Crippen molar-refractivity contribution >= 4 is 17.5 Å². The van der Waals surface area contributed by atoms with Gasteiger partial charge in [-0.2, -0.15) is 0 Å². The van der Waals surface area contributed by atoms with E-state index in [1.807, 2.05) is 38.1 Å². The Hall–Kier alpha value is -2.43. The van der Waals surface area contributed by atoms with Crippen LogP contribution in [0.5, 0.6) is 0 Å². The quantitative estimate of drug-likeness (QED) is 0.836. The summed E-state index contributed by atoms with van der Waals surface area (Å²) >= 11 is 0. The van der Waals surface area contributed by atoms with Crippen LogP contribution in [0.1, 0.15) is 48.4 Å². The second-order valence-electron chi connectivity index (χ2n) is 6.01. The van der Waals surface area contributed by atoms with Crippen LogP contribution in [0.3, 0.4) is 0 Å². The molecule has 0 saturated heterocycles. The Labute approximate surface area is 144 Å². The highest BCUT2D eigenvalue weighted by molar-refractivity contribution is 6.03. The van der Waals surface area contributed by atoms with Gasteiger partial charge < -0.3 is 10.2 Å². The van der Waals surface area contributed by atoms with Crippen LogP contribution in [0, 0.1) is 13.8 Å². The van der Waals surface area contributed by atoms with Crippen LogP contribution in [0.15, 0.2) is 30.3 Å². The van der Waals surface area contributed by atoms with E-state index >= 15 is 0 Å². The summed E-state index contributed by atoms with van der Waals surface area (Å²) in [5.41, 5.74) is 3.07. The lowest BCUT2D eigenvalue weighted by Gasteiger charge is -2.22. The second-order valence-corrected chi connectivity index (χ2v) is 6.01. The summed E-state index contributed by atoms with van der Waals surface area (Å²) in [5, 5.41) is 2.91. The van der Waals surface area contributed by atoms with Crippen molar-refractivity contribution in [2.45, 2.75) is 40.5 Å². The number of aromatic nitrogens is 2. The second kappa shape index (κ2) is 8.43. The maximum Gasteiger partial charge on any atom is 0.274 e. The lowest BCUT2D eigenvalue weighted by Crippen LogP contribution is -2.28. The predicted octanol–water partition coefficient (Wildman–Crippen LogP) is 3.97. The molecule has 24 heavy (non-hydrogen) atoms. The molecule has 2 rings (SSSR count). The van der Waals surface area contributed by atoms with E-state index in [-0.39, 0.29) is 5.91 Å². The maximum absolute atomic E-state index is 12.5. The summed E-state index contributed by atoms with van der Waals surface area (Å²) in [7, 11) is 0. The molecule has 1 heterocycles. The Kier molecular flexibility index (Phi) is 6.29. The SMILES string of the molecule is CCCN(CCC)c1nc(C)cc(C(=O)Nc2cccc(C)c2)n1. The van der Waals surface area contributed by atoms with E-state index in [0.29, 0.717) is 11.6 Å². The van der Waals surface area contributed by atoms with Gasteiger partial charge in [0.1, 0.15) is 5.69 Å². The topological polar surface area (TPSA) is 58.1 Å². The fourth-order valence-corrected chi connectivity index (χ4v) is 2.58. The summed E-state index contributed by atoms with van der Waals surface area (Å²) in [6.07, 6.45) is 2.03. The molecule has 0 bridgehead atoms. The molecule has 0 aliphatic rings. The molecule has 128 valence electrons. The average molecular weight is 326 g/mol. The van der Waals surface area contributed by atoms with Crippen molar-refractivity contribution in [3.63, 3.8) is 0 Å². The third kappa shape index (κ3) is 4.78. The van der Waals surface area contributed by atoms with Gasteiger partial charge in [-0.25, -0.2) is 9.97 Å². The van der Waals surface area contributed by atoms with E-state index in [9.17, 15) is 4.79 Å². The van der Waals surface area contributed by atoms with Crippen molar-refractivity contribution in [3.05, 3.63) is 47.3 Å². The molecule has 1 aromatic carbocycles. The Morgan fingerprint density at radius 2 is 1.79 bits per heavy atom. The van der Waals surface area contributed by atoms with Gasteiger partial charge in [0.15, 0.2) is 0 Å². The van der Waals surface area contributed by atoms with Crippen LogP contribution < -0.4 is 10.2 Å². The highest BCUT2D eigenvalue weighted by atomic mass is 16.1. The molecule has 0 aliphatic carbocycles. The fraction of sp³-hybridized carbons (Fsp3) is 0.421. The van der Waals surface area contributed by atoms with Gasteiger partial charge in [-0.1, -0.05) is 26.0 Å². The van der Waals surface area contributed by atoms with Crippen LogP contribution in [0.2, 0.25) is 0 Å². The van der Waals surface area contributed by atoms with Crippen molar-refractivity contribution in [2.75, 3.05) is 23.3 Å². The first-order valence-corrected chi connectivity index (χ1v) is 8.52. The monoisotopic (exact) mass is 326 g/mol. The zero-order chi connectivity index (χ0) is 17.5. The van der Waals surface area contributed by atoms with Crippen LogP contribution in [0.4, 0.5) is 11.6 Å². The van der Waals surface area contributed by atoms with Crippen molar-refractivity contribution in [1.82, 2.24) is 9.97 Å². The van der Waals surface area contributed by atoms with E-state index in [1.54, 1.807) is 6.07 Å². The van der Waals surface area contributed by atoms with Crippen molar-refractivity contribution in [2.24, 2.45) is 0 Å². The minimum Gasteiger partial charge on any atom is -0.341 e. The van der Waals surface area contributed by atoms with E-state index in [4.69, 9.17) is 0 Å². The third-order valence-corrected chi connectivity index (χ3v) is 3.62. The van der Waals surface area contributed by atoms with Crippen molar-refractivity contribution in [1.29, 1.82) is 0 Å². The highest BCUT2D eigenvalue weighted by Crippen LogP contribution is 2.14. The van der Waals surface area contributed by atoms with Gasteiger partial charge in [-0.05, 0) is 50.5 Å². The number of hydrogen-bond acceptors (Lipinski definition) is 4. The van der Waals surface area contributed by atoms with Gasteiger partial charge >= 0.3 is 0 Å². The first kappa shape index (κ1) is 17.9. The number of benzene rings is 1. The molecular weight excluding hydrogens is 300 g/mol. The lowest BCUT2D eigenvalue weighted by molar-refractivity contribution is 0.102. The normalized spacial score (nSPS) is 10.5. The van der Waals surface area contributed by atoms with Crippen LogP contribution in [0.25, 0.3) is 0 Å². The largest absolute Gasteiger partial charge is 0.341 e. The molecular formula is C19H26N4O. The van der Waals surface area contributed by atoms with Crippen LogP contribution in [-0.2, 0) is 0 Å². The molecule has 1 aromatic heterocycles. The number of anilines is 2. The maximum atomic E-state index is 12.5. The first-order chi connectivity index (χ1) is 11.5. The molecule has 5 nitrogen and oxygen atoms in total. The Balaban J connectivity index is 2.24. The van der Waals surface area contributed by atoms with Gasteiger partial charge in [-0.15, -0.1) is 0 Å². The molecule has 0 fully saturated rings. The van der Waals surface area contributed by atoms with Gasteiger partial charge in [0, 0.05) is 24.5 Å². The van der Waals surface area contributed by atoms with Crippen molar-refractivity contribution < 1.29 is 4.79 Å². The number of carbonyl (C=O) groups is 1. The van der Waals surface area contributed by atoms with E-state index in [1.165, 1.54) is 0 Å². The number of hydrogen-bond donors (Lipinski definition) is 1. The third-order valence-electron chi connectivity index (χ3n) is 3.62. The predicted molar refractivity (Wildman–Crippen MR) is 98.7 cm³/mol. The minimum atomic E-state index is -0.208. The van der Waals surface area contributed by atoms with Crippen LogP contribution >= 0.6 is 0 Å². The molecule has 0 unspecified atom stereocenters. The van der Waals surface area contributed by atoms with Crippen LogP contribution in [-0.4, -0.2) is 29.0 Å². The fourth-order valence-electron chi connectivity index (χ4n) is 2.58. The average Bonchev–Trinajstić information content (AvgIpc) is 2.54. The number of amides is 1. The molecule has 1 N–H and O–H groups in total. The van der Waals surface area contributed by atoms with E-state index in [0.717, 1.165) is 42.9 Å². The molecule has 0 atom stereocenters. The number of nitrogens with zero attached hydrogens (tertiary/aromatic N) is 3. The molecule has 0 radical (unpaired) electrons. The summed E-state index contributed by atoms with van der Waals surface area (Å²) in [6.45, 7) is 9.92. The molecule has 0 spiro atoms. The zero-order valence-electron chi connectivity index (χ0n) is 15.0. The van der Waals surface area contributed by atoms with Crippen molar-refractivity contribution in [3.8, 4) is 0 Å². The minimum absolute atomic E-state index is 0.208. The Morgan fingerprint density at radius 3 is 2.42 bits per heavy atom. The van der Waals surface area contributed by atoms with E-state index in [2.05, 4.69) is 34.0 Å².